The number of thioether (sulfide) groups is 1. The van der Waals surface area contributed by atoms with Crippen molar-refractivity contribution in [2.45, 2.75) is 19.8 Å². The summed E-state index contributed by atoms with van der Waals surface area (Å²) in [5.74, 6) is 0.467. The van der Waals surface area contributed by atoms with Crippen LogP contribution in [0, 0.1) is 5.82 Å². The first-order chi connectivity index (χ1) is 20.1. The molecule has 0 radical (unpaired) electrons. The Bertz CT molecular complexity index is 1670. The van der Waals surface area contributed by atoms with E-state index < -0.39 is 11.8 Å². The second-order valence-electron chi connectivity index (χ2n) is 10.0. The fourth-order valence-electron chi connectivity index (χ4n) is 4.41. The number of rotatable bonds is 7. The molecule has 3 aromatic carbocycles. The van der Waals surface area contributed by atoms with Crippen LogP contribution in [0.1, 0.15) is 25.3 Å². The van der Waals surface area contributed by atoms with Crippen molar-refractivity contribution in [3.05, 3.63) is 78.4 Å². The van der Waals surface area contributed by atoms with Gasteiger partial charge in [0.15, 0.2) is 11.0 Å². The first kappa shape index (κ1) is 28.8. The van der Waals surface area contributed by atoms with Crippen molar-refractivity contribution in [2.75, 3.05) is 42.1 Å². The number of amidine groups is 1. The first-order valence-corrected chi connectivity index (χ1v) is 14.2. The number of benzene rings is 3. The summed E-state index contributed by atoms with van der Waals surface area (Å²) in [5, 5.41) is 7.16. The highest BCUT2D eigenvalue weighted by Gasteiger charge is 2.33. The summed E-state index contributed by atoms with van der Waals surface area (Å²) in [5.41, 5.74) is 3.69. The number of nitrogens with one attached hydrogen (secondary N) is 1. The van der Waals surface area contributed by atoms with E-state index in [9.17, 15) is 9.59 Å². The molecular formula is C30H30FN7O3S. The number of aromatic nitrogens is 3. The Kier molecular flexibility index (Phi) is 8.25. The van der Waals surface area contributed by atoms with Crippen molar-refractivity contribution in [3.8, 4) is 22.8 Å². The van der Waals surface area contributed by atoms with Crippen LogP contribution < -0.4 is 19.9 Å². The SMILES string of the molecule is COc1ccc(-n2cnc(-c3ccc(NC(=O)/N=C4\SCC(=O)N4c4cc(N(C)C)ccc4C(C)C)c(F)c3)n2)cc1. The van der Waals surface area contributed by atoms with Crippen LogP contribution in [0.3, 0.4) is 0 Å². The summed E-state index contributed by atoms with van der Waals surface area (Å²) in [6, 6.07) is 16.7. The number of hydrogen-bond donors (Lipinski definition) is 1. The van der Waals surface area contributed by atoms with Crippen LogP contribution in [0.15, 0.2) is 72.0 Å². The predicted molar refractivity (Wildman–Crippen MR) is 165 cm³/mol. The van der Waals surface area contributed by atoms with E-state index in [4.69, 9.17) is 4.74 Å². The van der Waals surface area contributed by atoms with E-state index in [1.165, 1.54) is 35.1 Å². The lowest BCUT2D eigenvalue weighted by Crippen LogP contribution is -2.31. The van der Waals surface area contributed by atoms with Gasteiger partial charge in [0.1, 0.15) is 17.9 Å². The van der Waals surface area contributed by atoms with Crippen molar-refractivity contribution in [3.63, 3.8) is 0 Å². The van der Waals surface area contributed by atoms with Gasteiger partial charge in [-0.2, -0.15) is 4.99 Å². The van der Waals surface area contributed by atoms with Gasteiger partial charge >= 0.3 is 6.03 Å². The number of aliphatic imine (C=N–C) groups is 1. The minimum Gasteiger partial charge on any atom is -0.497 e. The fourth-order valence-corrected chi connectivity index (χ4v) is 5.27. The first-order valence-electron chi connectivity index (χ1n) is 13.2. The number of anilines is 3. The molecule has 0 atom stereocenters. The number of carbonyl (C=O) groups is 2. The van der Waals surface area contributed by atoms with E-state index in [0.29, 0.717) is 22.8 Å². The molecule has 216 valence electrons. The third-order valence-electron chi connectivity index (χ3n) is 6.65. The lowest BCUT2D eigenvalue weighted by molar-refractivity contribution is -0.115. The lowest BCUT2D eigenvalue weighted by atomic mass is 9.99. The van der Waals surface area contributed by atoms with Gasteiger partial charge in [0.25, 0.3) is 0 Å². The minimum absolute atomic E-state index is 0.0546. The maximum absolute atomic E-state index is 15.1. The molecule has 0 bridgehead atoms. The molecule has 10 nitrogen and oxygen atoms in total. The van der Waals surface area contributed by atoms with E-state index in [-0.39, 0.29) is 28.4 Å². The van der Waals surface area contributed by atoms with Crippen LogP contribution >= 0.6 is 11.8 Å². The molecule has 1 N–H and O–H groups in total. The zero-order chi connectivity index (χ0) is 30.0. The van der Waals surface area contributed by atoms with Gasteiger partial charge in [-0.25, -0.2) is 18.9 Å². The minimum atomic E-state index is -0.791. The van der Waals surface area contributed by atoms with Crippen molar-refractivity contribution >= 4 is 45.9 Å². The number of carbonyl (C=O) groups excluding carboxylic acids is 2. The van der Waals surface area contributed by atoms with E-state index in [1.807, 2.05) is 63.2 Å². The van der Waals surface area contributed by atoms with Crippen LogP contribution in [0.25, 0.3) is 17.1 Å². The summed E-state index contributed by atoms with van der Waals surface area (Å²) < 4.78 is 21.8. The van der Waals surface area contributed by atoms with E-state index >= 15 is 4.39 Å². The largest absolute Gasteiger partial charge is 0.497 e. The average molecular weight is 588 g/mol. The number of methoxy groups -OCH3 is 1. The lowest BCUT2D eigenvalue weighted by Gasteiger charge is -2.24. The molecule has 5 rings (SSSR count). The third kappa shape index (κ3) is 5.98. The summed E-state index contributed by atoms with van der Waals surface area (Å²) in [7, 11) is 5.42. The second-order valence-corrected chi connectivity index (χ2v) is 11.0. The van der Waals surface area contributed by atoms with Gasteiger partial charge in [0, 0.05) is 25.3 Å². The van der Waals surface area contributed by atoms with Crippen molar-refractivity contribution < 1.29 is 18.7 Å². The van der Waals surface area contributed by atoms with Crippen molar-refractivity contribution in [1.82, 2.24) is 14.8 Å². The highest BCUT2D eigenvalue weighted by atomic mass is 32.2. The fraction of sp³-hybridized carbons (Fsp3) is 0.233. The molecule has 12 heteroatoms. The number of amides is 3. The van der Waals surface area contributed by atoms with Crippen LogP contribution in [-0.2, 0) is 4.79 Å². The van der Waals surface area contributed by atoms with Gasteiger partial charge in [-0.15, -0.1) is 5.10 Å². The van der Waals surface area contributed by atoms with Gasteiger partial charge in [-0.05, 0) is 66.1 Å². The molecule has 4 aromatic rings. The Morgan fingerprint density at radius 1 is 1.12 bits per heavy atom. The predicted octanol–water partition coefficient (Wildman–Crippen LogP) is 5.94. The Morgan fingerprint density at radius 3 is 2.55 bits per heavy atom. The van der Waals surface area contributed by atoms with Gasteiger partial charge in [0.2, 0.25) is 5.91 Å². The van der Waals surface area contributed by atoms with E-state index in [0.717, 1.165) is 16.9 Å². The monoisotopic (exact) mass is 587 g/mol. The summed E-state index contributed by atoms with van der Waals surface area (Å²) in [6.45, 7) is 4.08. The van der Waals surface area contributed by atoms with Crippen LogP contribution in [0.2, 0.25) is 0 Å². The number of nitrogens with zero attached hydrogens (tertiary/aromatic N) is 6. The summed E-state index contributed by atoms with van der Waals surface area (Å²) in [4.78, 5) is 37.7. The van der Waals surface area contributed by atoms with Gasteiger partial charge < -0.3 is 15.0 Å². The zero-order valence-electron chi connectivity index (χ0n) is 23.8. The highest BCUT2D eigenvalue weighted by Crippen LogP contribution is 2.36. The Hall–Kier alpha value is -4.71. The quantitative estimate of drug-likeness (QED) is 0.285. The average Bonchev–Trinajstić information content (AvgIpc) is 3.61. The van der Waals surface area contributed by atoms with Crippen molar-refractivity contribution in [1.29, 1.82) is 0 Å². The smallest absolute Gasteiger partial charge is 0.347 e. The van der Waals surface area contributed by atoms with E-state index in [2.05, 4.69) is 20.4 Å². The topological polar surface area (TPSA) is 105 Å². The molecule has 0 saturated carbocycles. The van der Waals surface area contributed by atoms with Gasteiger partial charge in [0.05, 0.1) is 29.9 Å². The standard InChI is InChI=1S/C30H30FN7O3S/c1-18(2)23-12-9-21(36(3)4)15-26(23)38-27(39)16-42-30(38)34-29(40)33-25-13-6-19(14-24(25)31)28-32-17-37(35-28)20-7-10-22(41-5)11-8-20/h6-15,17-18H,16H2,1-5H3,(H,33,40)/b34-30-. The third-order valence-corrected chi connectivity index (χ3v) is 7.58. The molecule has 1 aromatic heterocycles. The Morgan fingerprint density at radius 2 is 1.88 bits per heavy atom. The van der Waals surface area contributed by atoms with Crippen molar-refractivity contribution in [2.24, 2.45) is 4.99 Å². The molecule has 1 aliphatic rings. The molecule has 0 unspecified atom stereocenters. The zero-order valence-corrected chi connectivity index (χ0v) is 24.6. The molecule has 1 aliphatic heterocycles. The molecule has 42 heavy (non-hydrogen) atoms. The molecule has 0 aliphatic carbocycles. The molecule has 1 fully saturated rings. The number of hydrogen-bond acceptors (Lipinski definition) is 7. The highest BCUT2D eigenvalue weighted by molar-refractivity contribution is 8.15. The van der Waals surface area contributed by atoms with Gasteiger partial charge in [-0.1, -0.05) is 31.7 Å². The Labute approximate surface area is 247 Å². The van der Waals surface area contributed by atoms with Gasteiger partial charge in [-0.3, -0.25) is 9.69 Å². The second kappa shape index (κ2) is 12.0. The molecule has 2 heterocycles. The maximum Gasteiger partial charge on any atom is 0.347 e. The molecular weight excluding hydrogens is 557 g/mol. The Balaban J connectivity index is 1.35. The maximum atomic E-state index is 15.1. The number of urea groups is 1. The molecule has 3 amide bonds. The molecule has 1 saturated heterocycles. The van der Waals surface area contributed by atoms with Crippen LogP contribution in [0.4, 0.5) is 26.2 Å². The normalized spacial score (nSPS) is 14.1. The van der Waals surface area contributed by atoms with E-state index in [1.54, 1.807) is 30.0 Å². The number of ether oxygens (including phenoxy) is 1. The molecule has 0 spiro atoms. The number of halogens is 1. The van der Waals surface area contributed by atoms with Crippen LogP contribution in [-0.4, -0.2) is 58.8 Å². The summed E-state index contributed by atoms with van der Waals surface area (Å²) >= 11 is 1.17. The van der Waals surface area contributed by atoms with Crippen LogP contribution in [0.5, 0.6) is 5.75 Å². The summed E-state index contributed by atoms with van der Waals surface area (Å²) in [6.07, 6.45) is 1.53.